The third-order valence-electron chi connectivity index (χ3n) is 3.24. The summed E-state index contributed by atoms with van der Waals surface area (Å²) >= 11 is 5.94. The molecule has 0 saturated carbocycles. The Hall–Kier alpha value is -3.26. The number of amides is 2. The molecule has 28 heavy (non-hydrogen) atoms. The average molecular weight is 410 g/mol. The maximum Gasteiger partial charge on any atom is 0.387 e. The van der Waals surface area contributed by atoms with Gasteiger partial charge in [0.2, 0.25) is 0 Å². The first-order chi connectivity index (χ1) is 13.3. The minimum atomic E-state index is -2.98. The van der Waals surface area contributed by atoms with Gasteiger partial charge in [0, 0.05) is 16.7 Å². The monoisotopic (exact) mass is 409 g/mol. The molecule has 2 aromatic rings. The zero-order chi connectivity index (χ0) is 20.5. The van der Waals surface area contributed by atoms with Crippen molar-refractivity contribution in [2.45, 2.75) is 6.61 Å². The summed E-state index contributed by atoms with van der Waals surface area (Å²) in [5, 5.41) is 2.45. The summed E-state index contributed by atoms with van der Waals surface area (Å²) in [6.45, 7) is -3.66. The van der Waals surface area contributed by atoms with Crippen molar-refractivity contribution < 1.29 is 32.6 Å². The molecule has 0 bridgehead atoms. The molecule has 2 aromatic carbocycles. The minimum absolute atomic E-state index is 0.0416. The van der Waals surface area contributed by atoms with Crippen LogP contribution in [-0.4, -0.2) is 31.0 Å². The summed E-state index contributed by atoms with van der Waals surface area (Å²) in [7, 11) is 0. The van der Waals surface area contributed by atoms with E-state index < -0.39 is 31.0 Å². The van der Waals surface area contributed by atoms with E-state index in [1.807, 2.05) is 5.32 Å². The summed E-state index contributed by atoms with van der Waals surface area (Å²) in [6, 6.07) is 11.5. The first kappa shape index (κ1) is 21.0. The Bertz CT molecular complexity index is 884. The zero-order valence-corrected chi connectivity index (χ0v) is 15.0. The number of esters is 1. The van der Waals surface area contributed by atoms with E-state index in [0.29, 0.717) is 10.6 Å². The van der Waals surface area contributed by atoms with Crippen molar-refractivity contribution in [3.63, 3.8) is 0 Å². The third kappa shape index (κ3) is 6.81. The molecule has 0 aliphatic heterocycles. The molecule has 0 aliphatic carbocycles. The topological polar surface area (TPSA) is 81.7 Å². The largest absolute Gasteiger partial charge is 0.452 e. The van der Waals surface area contributed by atoms with Crippen molar-refractivity contribution in [3.05, 3.63) is 70.8 Å². The fraction of sp³-hybridized carbons (Fsp3) is 0.105. The van der Waals surface area contributed by atoms with Crippen LogP contribution in [0.4, 0.5) is 8.78 Å². The molecule has 0 saturated heterocycles. The van der Waals surface area contributed by atoms with Gasteiger partial charge in [-0.05, 0) is 42.0 Å². The summed E-state index contributed by atoms with van der Waals surface area (Å²) in [6.07, 6.45) is 2.52. The Labute approximate surface area is 163 Å². The molecule has 0 radical (unpaired) electrons. The Kier molecular flexibility index (Phi) is 7.65. The highest BCUT2D eigenvalue weighted by atomic mass is 35.5. The van der Waals surface area contributed by atoms with Crippen LogP contribution < -0.4 is 10.1 Å². The molecule has 0 spiro atoms. The number of alkyl halides is 2. The summed E-state index contributed by atoms with van der Waals surface area (Å²) in [4.78, 5) is 35.2. The van der Waals surface area contributed by atoms with Crippen molar-refractivity contribution >= 4 is 35.5 Å². The van der Waals surface area contributed by atoms with Crippen molar-refractivity contribution in [2.24, 2.45) is 0 Å². The number of hydrogen-bond acceptors (Lipinski definition) is 5. The van der Waals surface area contributed by atoms with E-state index in [4.69, 9.17) is 16.3 Å². The van der Waals surface area contributed by atoms with Gasteiger partial charge in [0.1, 0.15) is 5.75 Å². The second-order valence-corrected chi connectivity index (χ2v) is 5.65. The maximum atomic E-state index is 12.1. The molecule has 0 heterocycles. The van der Waals surface area contributed by atoms with Gasteiger partial charge in [-0.3, -0.25) is 14.9 Å². The van der Waals surface area contributed by atoms with E-state index in [2.05, 4.69) is 4.74 Å². The number of hydrogen-bond donors (Lipinski definition) is 1. The Morgan fingerprint density at radius 2 is 1.75 bits per heavy atom. The lowest BCUT2D eigenvalue weighted by Crippen LogP contribution is -2.34. The molecular weight excluding hydrogens is 396 g/mol. The number of nitrogens with one attached hydrogen (secondary N) is 1. The smallest absolute Gasteiger partial charge is 0.387 e. The molecule has 0 fully saturated rings. The normalized spacial score (nSPS) is 10.7. The van der Waals surface area contributed by atoms with Gasteiger partial charge < -0.3 is 9.47 Å². The SMILES string of the molecule is O=C(COC(=O)/C=C/c1ccccc1Cl)NC(=O)c1ccc(OC(F)F)cc1. The van der Waals surface area contributed by atoms with E-state index in [9.17, 15) is 23.2 Å². The standard InChI is InChI=1S/C19H14ClF2NO5/c20-15-4-2-1-3-12(15)7-10-17(25)27-11-16(24)23-18(26)13-5-8-14(9-6-13)28-19(21)22/h1-10,19H,11H2,(H,23,24,26)/b10-7+. The lowest BCUT2D eigenvalue weighted by Gasteiger charge is -2.06. The number of carbonyl (C=O) groups is 3. The van der Waals surface area contributed by atoms with Crippen LogP contribution in [0.1, 0.15) is 15.9 Å². The molecular formula is C19H14ClF2NO5. The van der Waals surface area contributed by atoms with E-state index >= 15 is 0 Å². The van der Waals surface area contributed by atoms with Gasteiger partial charge in [-0.1, -0.05) is 29.8 Å². The van der Waals surface area contributed by atoms with Crippen molar-refractivity contribution in [2.75, 3.05) is 6.61 Å². The molecule has 2 amide bonds. The van der Waals surface area contributed by atoms with Gasteiger partial charge in [-0.2, -0.15) is 8.78 Å². The molecule has 0 aliphatic rings. The van der Waals surface area contributed by atoms with Gasteiger partial charge in [0.25, 0.3) is 11.8 Å². The fourth-order valence-corrected chi connectivity index (χ4v) is 2.17. The Morgan fingerprint density at radius 1 is 1.07 bits per heavy atom. The lowest BCUT2D eigenvalue weighted by molar-refractivity contribution is -0.143. The average Bonchev–Trinajstić information content (AvgIpc) is 2.65. The first-order valence-electron chi connectivity index (χ1n) is 7.83. The number of imide groups is 1. The second-order valence-electron chi connectivity index (χ2n) is 5.24. The lowest BCUT2D eigenvalue weighted by atomic mass is 10.2. The van der Waals surface area contributed by atoms with Crippen LogP contribution in [0.25, 0.3) is 6.08 Å². The Balaban J connectivity index is 1.80. The second kappa shape index (κ2) is 10.2. The van der Waals surface area contributed by atoms with Crippen LogP contribution in [0.15, 0.2) is 54.6 Å². The molecule has 2 rings (SSSR count). The molecule has 0 atom stereocenters. The quantitative estimate of drug-likeness (QED) is 0.559. The highest BCUT2D eigenvalue weighted by molar-refractivity contribution is 6.32. The highest BCUT2D eigenvalue weighted by Crippen LogP contribution is 2.16. The Morgan fingerprint density at radius 3 is 2.39 bits per heavy atom. The number of benzene rings is 2. The molecule has 146 valence electrons. The number of carbonyl (C=O) groups excluding carboxylic acids is 3. The van der Waals surface area contributed by atoms with E-state index in [0.717, 1.165) is 18.2 Å². The van der Waals surface area contributed by atoms with E-state index in [1.165, 1.54) is 18.2 Å². The van der Waals surface area contributed by atoms with Crippen molar-refractivity contribution in [1.29, 1.82) is 0 Å². The van der Waals surface area contributed by atoms with Crippen LogP contribution in [-0.2, 0) is 14.3 Å². The zero-order valence-electron chi connectivity index (χ0n) is 14.2. The minimum Gasteiger partial charge on any atom is -0.452 e. The van der Waals surface area contributed by atoms with E-state index in [1.54, 1.807) is 24.3 Å². The maximum absolute atomic E-state index is 12.1. The third-order valence-corrected chi connectivity index (χ3v) is 3.59. The molecule has 6 nitrogen and oxygen atoms in total. The van der Waals surface area contributed by atoms with Crippen molar-refractivity contribution in [1.82, 2.24) is 5.32 Å². The molecule has 0 unspecified atom stereocenters. The number of rotatable bonds is 7. The van der Waals surface area contributed by atoms with Gasteiger partial charge in [0.05, 0.1) is 0 Å². The van der Waals surface area contributed by atoms with Crippen LogP contribution in [0.5, 0.6) is 5.75 Å². The highest BCUT2D eigenvalue weighted by Gasteiger charge is 2.12. The molecule has 9 heteroatoms. The predicted molar refractivity (Wildman–Crippen MR) is 97.0 cm³/mol. The van der Waals surface area contributed by atoms with Gasteiger partial charge >= 0.3 is 12.6 Å². The van der Waals surface area contributed by atoms with Crippen LogP contribution >= 0.6 is 11.6 Å². The summed E-state index contributed by atoms with van der Waals surface area (Å²) in [5.74, 6) is -2.55. The van der Waals surface area contributed by atoms with Crippen LogP contribution in [0.2, 0.25) is 5.02 Å². The van der Waals surface area contributed by atoms with Gasteiger partial charge in [0.15, 0.2) is 6.61 Å². The van der Waals surface area contributed by atoms with Gasteiger partial charge in [-0.15, -0.1) is 0 Å². The van der Waals surface area contributed by atoms with Crippen molar-refractivity contribution in [3.8, 4) is 5.75 Å². The molecule has 1 N–H and O–H groups in total. The first-order valence-corrected chi connectivity index (χ1v) is 8.21. The summed E-state index contributed by atoms with van der Waals surface area (Å²) < 4.78 is 33.0. The van der Waals surface area contributed by atoms with Gasteiger partial charge in [-0.25, -0.2) is 4.79 Å². The molecule has 0 aromatic heterocycles. The van der Waals surface area contributed by atoms with Crippen LogP contribution in [0, 0.1) is 0 Å². The van der Waals surface area contributed by atoms with E-state index in [-0.39, 0.29) is 11.3 Å². The predicted octanol–water partition coefficient (Wildman–Crippen LogP) is 3.45. The number of halogens is 3. The summed E-state index contributed by atoms with van der Waals surface area (Å²) in [5.41, 5.74) is 0.639. The van der Waals surface area contributed by atoms with Crippen LogP contribution in [0.3, 0.4) is 0 Å². The fourth-order valence-electron chi connectivity index (χ4n) is 1.98. The number of ether oxygens (including phenoxy) is 2.